The van der Waals surface area contributed by atoms with E-state index in [9.17, 15) is 4.79 Å². The third kappa shape index (κ3) is 4.62. The lowest BCUT2D eigenvalue weighted by atomic mass is 9.97. The number of rotatable bonds is 7. The highest BCUT2D eigenvalue weighted by Crippen LogP contribution is 2.29. The van der Waals surface area contributed by atoms with Gasteiger partial charge in [0.1, 0.15) is 5.82 Å². The smallest absolute Gasteiger partial charge is 0.220 e. The third-order valence-electron chi connectivity index (χ3n) is 5.65. The zero-order valence-electron chi connectivity index (χ0n) is 16.4. The lowest BCUT2D eigenvalue weighted by molar-refractivity contribution is -0.121. The molecule has 2 N–H and O–H groups in total. The molecule has 3 heterocycles. The summed E-state index contributed by atoms with van der Waals surface area (Å²) >= 11 is 1.78. The predicted molar refractivity (Wildman–Crippen MR) is 114 cm³/mol. The molecule has 1 aliphatic heterocycles. The zero-order chi connectivity index (χ0) is 19.3. The van der Waals surface area contributed by atoms with E-state index >= 15 is 0 Å². The molecule has 0 aliphatic carbocycles. The second-order valence-electron chi connectivity index (χ2n) is 7.75. The van der Waals surface area contributed by atoms with Crippen LogP contribution in [0.4, 0.5) is 0 Å². The van der Waals surface area contributed by atoms with Crippen molar-refractivity contribution in [3.8, 4) is 0 Å². The molecule has 5 nitrogen and oxygen atoms in total. The fourth-order valence-corrected chi connectivity index (χ4v) is 4.75. The average molecular weight is 397 g/mol. The second kappa shape index (κ2) is 8.88. The maximum atomic E-state index is 12.5. The van der Waals surface area contributed by atoms with E-state index in [1.807, 2.05) is 24.3 Å². The number of nitrogens with one attached hydrogen (secondary N) is 2. The van der Waals surface area contributed by atoms with Crippen LogP contribution < -0.4 is 5.32 Å². The number of piperidine rings is 1. The van der Waals surface area contributed by atoms with E-state index in [1.54, 1.807) is 11.3 Å². The van der Waals surface area contributed by atoms with Gasteiger partial charge in [0.25, 0.3) is 0 Å². The van der Waals surface area contributed by atoms with Gasteiger partial charge in [-0.1, -0.05) is 25.1 Å². The number of aromatic nitrogens is 2. The summed E-state index contributed by atoms with van der Waals surface area (Å²) in [4.78, 5) is 24.2. The van der Waals surface area contributed by atoms with Gasteiger partial charge in [0.2, 0.25) is 5.91 Å². The molecule has 1 amide bonds. The molecule has 28 heavy (non-hydrogen) atoms. The maximum absolute atomic E-state index is 12.5. The Bertz CT molecular complexity index is 863. The molecule has 0 saturated carbocycles. The van der Waals surface area contributed by atoms with E-state index in [4.69, 9.17) is 0 Å². The Kier molecular flexibility index (Phi) is 6.07. The summed E-state index contributed by atoms with van der Waals surface area (Å²) in [6, 6.07) is 12.5. The molecule has 4 rings (SSSR count). The summed E-state index contributed by atoms with van der Waals surface area (Å²) in [5, 5.41) is 5.29. The molecule has 2 aromatic heterocycles. The van der Waals surface area contributed by atoms with Crippen molar-refractivity contribution in [3.63, 3.8) is 0 Å². The topological polar surface area (TPSA) is 61.0 Å². The van der Waals surface area contributed by atoms with Crippen molar-refractivity contribution < 1.29 is 4.79 Å². The Labute approximate surface area is 170 Å². The summed E-state index contributed by atoms with van der Waals surface area (Å²) in [5.74, 6) is 1.77. The van der Waals surface area contributed by atoms with Gasteiger partial charge in [-0.15, -0.1) is 11.3 Å². The number of benzene rings is 1. The highest BCUT2D eigenvalue weighted by atomic mass is 32.1. The van der Waals surface area contributed by atoms with Crippen molar-refractivity contribution in [1.82, 2.24) is 20.2 Å². The number of hydrogen-bond donors (Lipinski definition) is 2. The van der Waals surface area contributed by atoms with E-state index in [2.05, 4.69) is 44.6 Å². The van der Waals surface area contributed by atoms with Crippen LogP contribution in [0.3, 0.4) is 0 Å². The molecular weight excluding hydrogens is 368 g/mol. The van der Waals surface area contributed by atoms with Crippen LogP contribution in [0.5, 0.6) is 0 Å². The number of carbonyl (C=O) groups excluding carboxylic acids is 1. The Morgan fingerprint density at radius 3 is 2.86 bits per heavy atom. The number of hydrogen-bond acceptors (Lipinski definition) is 4. The number of likely N-dealkylation sites (tertiary alicyclic amines) is 1. The fraction of sp³-hybridized carbons (Fsp3) is 0.455. The molecule has 1 unspecified atom stereocenters. The minimum absolute atomic E-state index is 0.0902. The number of imidazole rings is 1. The number of H-pyrrole nitrogens is 1. The first-order valence-electron chi connectivity index (χ1n) is 10.2. The Morgan fingerprint density at radius 2 is 2.11 bits per heavy atom. The first-order valence-corrected chi connectivity index (χ1v) is 11.0. The minimum Gasteiger partial charge on any atom is -0.354 e. The summed E-state index contributed by atoms with van der Waals surface area (Å²) < 4.78 is 0. The third-order valence-corrected chi connectivity index (χ3v) is 6.62. The lowest BCUT2D eigenvalue weighted by Gasteiger charge is -2.36. The van der Waals surface area contributed by atoms with Crippen molar-refractivity contribution in [2.24, 2.45) is 5.92 Å². The second-order valence-corrected chi connectivity index (χ2v) is 8.73. The van der Waals surface area contributed by atoms with E-state index in [1.165, 1.54) is 17.7 Å². The quantitative estimate of drug-likeness (QED) is 0.631. The first kappa shape index (κ1) is 19.2. The average Bonchev–Trinajstić information content (AvgIpc) is 3.37. The van der Waals surface area contributed by atoms with Gasteiger partial charge in [0.05, 0.1) is 17.1 Å². The molecule has 1 fully saturated rings. The van der Waals surface area contributed by atoms with Gasteiger partial charge in [-0.3, -0.25) is 9.69 Å². The minimum atomic E-state index is 0.0902. The van der Waals surface area contributed by atoms with Crippen molar-refractivity contribution in [1.29, 1.82) is 0 Å². The molecule has 0 spiro atoms. The molecule has 1 aromatic carbocycles. The van der Waals surface area contributed by atoms with Gasteiger partial charge in [0.15, 0.2) is 0 Å². The highest BCUT2D eigenvalue weighted by Gasteiger charge is 2.25. The van der Waals surface area contributed by atoms with Crippen LogP contribution in [0, 0.1) is 5.92 Å². The largest absolute Gasteiger partial charge is 0.354 e. The van der Waals surface area contributed by atoms with E-state index in [-0.39, 0.29) is 11.9 Å². The summed E-state index contributed by atoms with van der Waals surface area (Å²) in [6.45, 7) is 5.22. The van der Waals surface area contributed by atoms with E-state index in [0.29, 0.717) is 19.4 Å². The van der Waals surface area contributed by atoms with E-state index in [0.717, 1.165) is 35.9 Å². The van der Waals surface area contributed by atoms with Crippen LogP contribution in [0.1, 0.15) is 42.9 Å². The number of thiophene rings is 1. The van der Waals surface area contributed by atoms with Gasteiger partial charge in [-0.05, 0) is 55.4 Å². The number of aryl methyl sites for hydroxylation is 1. The normalized spacial score (nSPS) is 17.0. The van der Waals surface area contributed by atoms with E-state index < -0.39 is 0 Å². The fourth-order valence-electron chi connectivity index (χ4n) is 3.89. The Balaban J connectivity index is 1.32. The molecule has 1 saturated heterocycles. The number of nitrogens with zero attached hydrogens (tertiary/aromatic N) is 2. The predicted octanol–water partition coefficient (Wildman–Crippen LogP) is 4.15. The molecular formula is C22H28N4OS. The van der Waals surface area contributed by atoms with Crippen molar-refractivity contribution >= 4 is 28.3 Å². The molecule has 0 radical (unpaired) electrons. The molecule has 3 aromatic rings. The van der Waals surface area contributed by atoms with Crippen molar-refractivity contribution in [3.05, 3.63) is 52.5 Å². The zero-order valence-corrected chi connectivity index (χ0v) is 17.2. The van der Waals surface area contributed by atoms with Crippen LogP contribution in [-0.2, 0) is 11.2 Å². The number of aromatic amines is 1. The van der Waals surface area contributed by atoms with Crippen molar-refractivity contribution in [2.45, 2.75) is 38.6 Å². The molecule has 1 atom stereocenters. The summed E-state index contributed by atoms with van der Waals surface area (Å²) in [6.07, 6.45) is 3.56. The van der Waals surface area contributed by atoms with Gasteiger partial charge >= 0.3 is 0 Å². The number of para-hydroxylation sites is 2. The van der Waals surface area contributed by atoms with Gasteiger partial charge < -0.3 is 10.3 Å². The van der Waals surface area contributed by atoms with Gasteiger partial charge in [-0.2, -0.15) is 0 Å². The number of fused-ring (bicyclic) bond motifs is 1. The molecule has 148 valence electrons. The Hall–Kier alpha value is -2.18. The standard InChI is InChI=1S/C22H28N4OS/c1-16-10-12-26(13-11-16)19(20-7-4-14-28-20)15-23-22(27)9-8-21-24-17-5-2-3-6-18(17)25-21/h2-7,14,16,19H,8-13,15H2,1H3,(H,23,27)(H,24,25). The van der Waals surface area contributed by atoms with Crippen LogP contribution >= 0.6 is 11.3 Å². The van der Waals surface area contributed by atoms with Crippen LogP contribution in [0.15, 0.2) is 41.8 Å². The first-order chi connectivity index (χ1) is 13.7. The molecule has 6 heteroatoms. The highest BCUT2D eigenvalue weighted by molar-refractivity contribution is 7.10. The summed E-state index contributed by atoms with van der Waals surface area (Å²) in [7, 11) is 0. The maximum Gasteiger partial charge on any atom is 0.220 e. The van der Waals surface area contributed by atoms with Crippen LogP contribution in [-0.4, -0.2) is 40.4 Å². The van der Waals surface area contributed by atoms with Gasteiger partial charge in [-0.25, -0.2) is 4.98 Å². The van der Waals surface area contributed by atoms with Crippen molar-refractivity contribution in [2.75, 3.05) is 19.6 Å². The SMILES string of the molecule is CC1CCN(C(CNC(=O)CCc2nc3ccccc3[nH]2)c2cccs2)CC1. The van der Waals surface area contributed by atoms with Crippen LogP contribution in [0.2, 0.25) is 0 Å². The number of amides is 1. The monoisotopic (exact) mass is 396 g/mol. The lowest BCUT2D eigenvalue weighted by Crippen LogP contribution is -2.41. The summed E-state index contributed by atoms with van der Waals surface area (Å²) in [5.41, 5.74) is 1.98. The Morgan fingerprint density at radius 1 is 1.29 bits per heavy atom. The number of carbonyl (C=O) groups is 1. The van der Waals surface area contributed by atoms with Crippen LogP contribution in [0.25, 0.3) is 11.0 Å². The molecule has 1 aliphatic rings. The van der Waals surface area contributed by atoms with Gasteiger partial charge in [0, 0.05) is 24.3 Å². The molecule has 0 bridgehead atoms.